The van der Waals surface area contributed by atoms with E-state index in [1.807, 2.05) is 30.5 Å². The molecule has 0 amide bonds. The Morgan fingerprint density at radius 3 is 2.68 bits per heavy atom. The number of hydrogen-bond donors (Lipinski definition) is 2. The Morgan fingerprint density at radius 1 is 1.41 bits per heavy atom. The molecule has 0 saturated carbocycles. The van der Waals surface area contributed by atoms with Crippen LogP contribution in [0.3, 0.4) is 0 Å². The van der Waals surface area contributed by atoms with Gasteiger partial charge in [-0.05, 0) is 19.9 Å². The average molecular weight is 363 g/mol. The summed E-state index contributed by atoms with van der Waals surface area (Å²) in [5.41, 5.74) is 5.93. The van der Waals surface area contributed by atoms with Crippen LogP contribution < -0.4 is 10.5 Å². The average Bonchev–Trinajstić information content (AvgIpc) is 2.84. The van der Waals surface area contributed by atoms with Gasteiger partial charge in [0.05, 0.1) is 11.4 Å². The second kappa shape index (κ2) is 7.67. The Labute approximate surface area is 140 Å². The quantitative estimate of drug-likeness (QED) is 0.464. The molecule has 3 N–H and O–H groups in total. The van der Waals surface area contributed by atoms with Gasteiger partial charge < -0.3 is 10.6 Å². The van der Waals surface area contributed by atoms with Crippen LogP contribution in [-0.2, 0) is 10.0 Å². The predicted molar refractivity (Wildman–Crippen MR) is 94.4 cm³/mol. The predicted octanol–water partition coefficient (Wildman–Crippen LogP) is 1.01. The molecule has 124 valence electrons. The van der Waals surface area contributed by atoms with Crippen molar-refractivity contribution in [1.29, 1.82) is 0 Å². The number of hydrogen-bond acceptors (Lipinski definition) is 5. The zero-order chi connectivity index (χ0) is 16.2. The SMILES string of the molecule is Cc1cc(S(=O)(=O)NCCN=C(N)N2CCSCC2)c(C)s1. The Hall–Kier alpha value is -0.770. The second-order valence-electron chi connectivity index (χ2n) is 5.01. The Balaban J connectivity index is 1.86. The van der Waals surface area contributed by atoms with E-state index >= 15 is 0 Å². The summed E-state index contributed by atoms with van der Waals surface area (Å²) in [5, 5.41) is 0. The van der Waals surface area contributed by atoms with Crippen molar-refractivity contribution in [3.05, 3.63) is 15.8 Å². The van der Waals surface area contributed by atoms with Gasteiger partial charge in [0.25, 0.3) is 0 Å². The first-order valence-electron chi connectivity index (χ1n) is 7.09. The maximum Gasteiger partial charge on any atom is 0.241 e. The van der Waals surface area contributed by atoms with Crippen LogP contribution in [-0.4, -0.2) is 57.0 Å². The van der Waals surface area contributed by atoms with Gasteiger partial charge in [0.15, 0.2) is 5.96 Å². The Bertz CT molecular complexity index is 634. The molecule has 0 spiro atoms. The fourth-order valence-electron chi connectivity index (χ4n) is 2.19. The van der Waals surface area contributed by atoms with Crippen LogP contribution in [0.15, 0.2) is 16.0 Å². The van der Waals surface area contributed by atoms with E-state index in [1.54, 1.807) is 6.07 Å². The molecule has 0 bridgehead atoms. The lowest BCUT2D eigenvalue weighted by molar-refractivity contribution is 0.456. The van der Waals surface area contributed by atoms with Gasteiger partial charge in [-0.1, -0.05) is 0 Å². The van der Waals surface area contributed by atoms with Gasteiger partial charge in [0, 0.05) is 40.9 Å². The first kappa shape index (κ1) is 17.6. The van der Waals surface area contributed by atoms with Crippen molar-refractivity contribution < 1.29 is 8.42 Å². The highest BCUT2D eigenvalue weighted by atomic mass is 32.2. The standard InChI is InChI=1S/C13H22N4O2S3/c1-10-9-12(11(2)21-10)22(18,19)16-4-3-15-13(14)17-5-7-20-8-6-17/h9,16H,3-8H2,1-2H3,(H2,14,15). The molecule has 6 nitrogen and oxygen atoms in total. The molecule has 1 aliphatic rings. The van der Waals surface area contributed by atoms with E-state index in [0.717, 1.165) is 34.3 Å². The molecule has 1 aliphatic heterocycles. The topological polar surface area (TPSA) is 87.8 Å². The lowest BCUT2D eigenvalue weighted by Crippen LogP contribution is -2.43. The molecule has 1 aromatic rings. The van der Waals surface area contributed by atoms with Gasteiger partial charge in [-0.25, -0.2) is 13.1 Å². The molecule has 0 atom stereocenters. The lowest BCUT2D eigenvalue weighted by Gasteiger charge is -2.27. The molecule has 0 unspecified atom stereocenters. The second-order valence-corrected chi connectivity index (χ2v) is 9.44. The van der Waals surface area contributed by atoms with Crippen LogP contribution in [0.2, 0.25) is 0 Å². The number of aliphatic imine (C=N–C) groups is 1. The summed E-state index contributed by atoms with van der Waals surface area (Å²) >= 11 is 3.39. The fourth-order valence-corrected chi connectivity index (χ4v) is 5.67. The third-order valence-electron chi connectivity index (χ3n) is 3.30. The molecule has 9 heteroatoms. The molecular weight excluding hydrogens is 340 g/mol. The molecule has 22 heavy (non-hydrogen) atoms. The molecule has 1 aromatic heterocycles. The Kier molecular flexibility index (Phi) is 6.13. The molecule has 0 radical (unpaired) electrons. The van der Waals surface area contributed by atoms with Crippen LogP contribution in [0.1, 0.15) is 9.75 Å². The van der Waals surface area contributed by atoms with Crippen molar-refractivity contribution in [2.75, 3.05) is 37.7 Å². The van der Waals surface area contributed by atoms with Crippen molar-refractivity contribution in [2.24, 2.45) is 10.7 Å². The van der Waals surface area contributed by atoms with E-state index < -0.39 is 10.0 Å². The van der Waals surface area contributed by atoms with Gasteiger partial charge in [0.1, 0.15) is 0 Å². The summed E-state index contributed by atoms with van der Waals surface area (Å²) < 4.78 is 27.0. The third-order valence-corrected chi connectivity index (χ3v) is 6.92. The van der Waals surface area contributed by atoms with Crippen LogP contribution in [0.4, 0.5) is 0 Å². The van der Waals surface area contributed by atoms with Gasteiger partial charge in [-0.15, -0.1) is 11.3 Å². The fraction of sp³-hybridized carbons (Fsp3) is 0.615. The van der Waals surface area contributed by atoms with E-state index in [0.29, 0.717) is 17.4 Å². The molecular formula is C13H22N4O2S3. The highest BCUT2D eigenvalue weighted by molar-refractivity contribution is 7.99. The van der Waals surface area contributed by atoms with Gasteiger partial charge >= 0.3 is 0 Å². The summed E-state index contributed by atoms with van der Waals surface area (Å²) in [6.45, 7) is 6.12. The minimum atomic E-state index is -3.46. The summed E-state index contributed by atoms with van der Waals surface area (Å²) in [4.78, 5) is 8.45. The lowest BCUT2D eigenvalue weighted by atomic mass is 10.4. The van der Waals surface area contributed by atoms with Gasteiger partial charge in [-0.2, -0.15) is 11.8 Å². The van der Waals surface area contributed by atoms with Crippen LogP contribution in [0.5, 0.6) is 0 Å². The zero-order valence-electron chi connectivity index (χ0n) is 12.8. The van der Waals surface area contributed by atoms with Crippen LogP contribution >= 0.6 is 23.1 Å². The van der Waals surface area contributed by atoms with E-state index in [9.17, 15) is 8.42 Å². The molecule has 1 fully saturated rings. The highest BCUT2D eigenvalue weighted by Gasteiger charge is 2.18. The van der Waals surface area contributed by atoms with Crippen LogP contribution in [0.25, 0.3) is 0 Å². The maximum absolute atomic E-state index is 12.2. The zero-order valence-corrected chi connectivity index (χ0v) is 15.3. The summed E-state index contributed by atoms with van der Waals surface area (Å²) in [5.74, 6) is 2.61. The first-order chi connectivity index (χ1) is 10.4. The monoisotopic (exact) mass is 362 g/mol. The molecule has 0 aromatic carbocycles. The number of thiophene rings is 1. The first-order valence-corrected chi connectivity index (χ1v) is 10.5. The van der Waals surface area contributed by atoms with Crippen molar-refractivity contribution in [1.82, 2.24) is 9.62 Å². The number of thioether (sulfide) groups is 1. The van der Waals surface area contributed by atoms with Crippen molar-refractivity contribution in [2.45, 2.75) is 18.7 Å². The number of rotatable bonds is 5. The molecule has 2 heterocycles. The van der Waals surface area contributed by atoms with Crippen LogP contribution in [0, 0.1) is 13.8 Å². The summed E-state index contributed by atoms with van der Waals surface area (Å²) in [7, 11) is -3.46. The maximum atomic E-state index is 12.2. The van der Waals surface area contributed by atoms with Gasteiger partial charge in [0.2, 0.25) is 10.0 Å². The normalized spacial score (nSPS) is 17.0. The van der Waals surface area contributed by atoms with Crippen molar-refractivity contribution in [3.63, 3.8) is 0 Å². The van der Waals surface area contributed by atoms with E-state index in [-0.39, 0.29) is 6.54 Å². The van der Waals surface area contributed by atoms with Crippen molar-refractivity contribution in [3.8, 4) is 0 Å². The van der Waals surface area contributed by atoms with E-state index in [4.69, 9.17) is 5.73 Å². The number of nitrogens with two attached hydrogens (primary N) is 1. The smallest absolute Gasteiger partial charge is 0.241 e. The summed E-state index contributed by atoms with van der Waals surface area (Å²) in [6, 6.07) is 1.70. The number of nitrogens with zero attached hydrogens (tertiary/aromatic N) is 2. The minimum absolute atomic E-state index is 0.250. The Morgan fingerprint density at radius 2 is 2.09 bits per heavy atom. The van der Waals surface area contributed by atoms with Gasteiger partial charge in [-0.3, -0.25) is 4.99 Å². The molecule has 0 aliphatic carbocycles. The van der Waals surface area contributed by atoms with E-state index in [1.165, 1.54) is 11.3 Å². The van der Waals surface area contributed by atoms with Crippen molar-refractivity contribution >= 4 is 39.1 Å². The third kappa shape index (κ3) is 4.61. The minimum Gasteiger partial charge on any atom is -0.370 e. The molecule has 1 saturated heterocycles. The number of sulfonamides is 1. The number of nitrogens with one attached hydrogen (secondary N) is 1. The number of guanidine groups is 1. The molecule has 2 rings (SSSR count). The number of aryl methyl sites for hydroxylation is 2. The largest absolute Gasteiger partial charge is 0.370 e. The van der Waals surface area contributed by atoms with E-state index in [2.05, 4.69) is 9.71 Å². The summed E-state index contributed by atoms with van der Waals surface area (Å²) in [6.07, 6.45) is 0. The highest BCUT2D eigenvalue weighted by Crippen LogP contribution is 2.24.